The molecule has 0 amide bonds. The zero-order chi connectivity index (χ0) is 85.5. The van der Waals surface area contributed by atoms with Gasteiger partial charge in [0.2, 0.25) is 0 Å². The number of anilines is 9. The van der Waals surface area contributed by atoms with Crippen molar-refractivity contribution in [3.63, 3.8) is 0 Å². The molecule has 2 spiro atoms. The van der Waals surface area contributed by atoms with E-state index in [1.54, 1.807) is 0 Å². The van der Waals surface area contributed by atoms with Crippen LogP contribution in [-0.2, 0) is 16.2 Å². The van der Waals surface area contributed by atoms with E-state index in [1.807, 2.05) is 0 Å². The van der Waals surface area contributed by atoms with E-state index in [0.717, 1.165) is 39.8 Å². The van der Waals surface area contributed by atoms with E-state index in [1.165, 1.54) is 184 Å². The minimum Gasteiger partial charge on any atom is -0.310 e. The fourth-order valence-corrected chi connectivity index (χ4v) is 22.7. The van der Waals surface area contributed by atoms with Gasteiger partial charge in [0.15, 0.2) is 0 Å². The summed E-state index contributed by atoms with van der Waals surface area (Å²) < 4.78 is 2.51. The van der Waals surface area contributed by atoms with Gasteiger partial charge in [0.1, 0.15) is 0 Å². The lowest BCUT2D eigenvalue weighted by Gasteiger charge is -2.45. The van der Waals surface area contributed by atoms with Crippen molar-refractivity contribution >= 4 is 73.0 Å². The highest BCUT2D eigenvalue weighted by Gasteiger charge is 2.54. The summed E-state index contributed by atoms with van der Waals surface area (Å²) in [7, 11) is 0. The minimum atomic E-state index is -0.510. The smallest absolute Gasteiger partial charge is 0.0754 e. The van der Waals surface area contributed by atoms with Gasteiger partial charge < -0.3 is 19.3 Å². The first-order valence-corrected chi connectivity index (χ1v) is 44.9. The predicted octanol–water partition coefficient (Wildman–Crippen LogP) is 32.9. The Morgan fingerprint density at radius 3 is 1.19 bits per heavy atom. The van der Waals surface area contributed by atoms with Crippen LogP contribution in [0.25, 0.3) is 117 Å². The first kappa shape index (κ1) is 75.2. The third kappa shape index (κ3) is 11.5. The van der Waals surface area contributed by atoms with Crippen LogP contribution in [0.15, 0.2) is 485 Å². The topological polar surface area (TPSA) is 14.7 Å². The summed E-state index contributed by atoms with van der Waals surface area (Å²) in [5.74, 6) is 0. The highest BCUT2D eigenvalue weighted by atomic mass is 15.2. The van der Waals surface area contributed by atoms with E-state index in [-0.39, 0.29) is 5.41 Å². The largest absolute Gasteiger partial charge is 0.310 e. The van der Waals surface area contributed by atoms with Crippen molar-refractivity contribution in [1.29, 1.82) is 0 Å². The Hall–Kier alpha value is -16.4. The van der Waals surface area contributed by atoms with Gasteiger partial charge in [0.05, 0.1) is 44.6 Å². The normalized spacial score (nSPS) is 14.3. The molecule has 0 N–H and O–H groups in total. The van der Waals surface area contributed by atoms with Gasteiger partial charge in [-0.1, -0.05) is 390 Å². The minimum absolute atomic E-state index is 0.116. The van der Waals surface area contributed by atoms with Gasteiger partial charge in [-0.25, -0.2) is 0 Å². The second-order valence-corrected chi connectivity index (χ2v) is 35.2. The molecular weight excluding hydrogens is 1560 g/mol. The molecule has 3 heterocycles. The summed E-state index contributed by atoms with van der Waals surface area (Å²) in [5, 5.41) is 2.59. The lowest BCUT2D eigenvalue weighted by Crippen LogP contribution is -2.36. The number of fused-ring (bicyclic) bond motifs is 24. The number of nitrogens with zero attached hydrogens (tertiary/aromatic N) is 4. The standard InChI is InChI=1S/C64H46N2.C61H40N2/c1-63(2)54-25-11-9-22-51(54)52-41-40-49(42-59(52)63)65(47-36-32-44(33-37-47)43-18-5-3-6-19-43)48-38-34-45(35-39-48)50-24-17-29-58-62(50)53-23-10-12-26-55(53)64(58)56-27-13-15-30-60(56)66(46-20-7-4-8-21-46)61-31-16-14-28-57(61)64;1-3-16-41(17-4-1)42-30-35-46(36-31-42)62(57-27-12-8-20-48(57)44-18-5-2-6-19-44)47-37-32-43(33-38-47)45-34-39-54-52(40-45)49-21-7-10-24-53(49)61(54)55-25-11-14-29-59(55)63-58-28-13-9-22-50(58)51-23-15-26-56(61)60(51)63/h3-42H,1-2H3;1-40H. The highest BCUT2D eigenvalue weighted by Crippen LogP contribution is 2.66. The van der Waals surface area contributed by atoms with Crippen molar-refractivity contribution in [3.05, 3.63) is 541 Å². The van der Waals surface area contributed by atoms with E-state index in [9.17, 15) is 0 Å². The first-order valence-electron chi connectivity index (χ1n) is 44.9. The highest BCUT2D eigenvalue weighted by molar-refractivity contribution is 6.13. The zero-order valence-corrected chi connectivity index (χ0v) is 71.5. The fraction of sp³-hybridized carbons (Fsp3) is 0.0400. The van der Waals surface area contributed by atoms with E-state index >= 15 is 0 Å². The number of aromatic nitrogens is 1. The molecule has 0 fully saturated rings. The maximum atomic E-state index is 2.51. The third-order valence-corrected chi connectivity index (χ3v) is 28.3. The molecule has 606 valence electrons. The number of rotatable bonds is 12. The summed E-state index contributed by atoms with van der Waals surface area (Å²) in [4.78, 5) is 7.26. The van der Waals surface area contributed by atoms with Gasteiger partial charge in [-0.3, -0.25) is 0 Å². The molecule has 3 aliphatic carbocycles. The van der Waals surface area contributed by atoms with Crippen molar-refractivity contribution in [2.45, 2.75) is 30.1 Å². The molecule has 0 radical (unpaired) electrons. The molecule has 1 aromatic heterocycles. The number of para-hydroxylation sites is 7. The average molecular weight is 1640 g/mol. The summed E-state index contributed by atoms with van der Waals surface area (Å²) in [6, 6.07) is 179. The summed E-state index contributed by atoms with van der Waals surface area (Å²) in [5.41, 5.74) is 46.1. The Labute approximate surface area is 752 Å². The second-order valence-electron chi connectivity index (χ2n) is 35.2. The van der Waals surface area contributed by atoms with Gasteiger partial charge >= 0.3 is 0 Å². The third-order valence-electron chi connectivity index (χ3n) is 28.3. The van der Waals surface area contributed by atoms with Gasteiger partial charge in [-0.15, -0.1) is 0 Å². The fourth-order valence-electron chi connectivity index (χ4n) is 22.7. The van der Waals surface area contributed by atoms with Crippen LogP contribution >= 0.6 is 0 Å². The molecule has 0 bridgehead atoms. The Kier molecular flexibility index (Phi) is 17.4. The van der Waals surface area contributed by atoms with Crippen LogP contribution in [0.1, 0.15) is 69.5 Å². The molecule has 4 heteroatoms. The molecule has 20 aromatic carbocycles. The van der Waals surface area contributed by atoms with Gasteiger partial charge in [0.25, 0.3) is 0 Å². The molecule has 0 saturated heterocycles. The first-order chi connectivity index (χ1) is 63.8. The number of hydrogen-bond donors (Lipinski definition) is 0. The van der Waals surface area contributed by atoms with Gasteiger partial charge in [-0.2, -0.15) is 0 Å². The summed E-state index contributed by atoms with van der Waals surface area (Å²) in [6.45, 7) is 4.72. The van der Waals surface area contributed by atoms with Crippen molar-refractivity contribution in [2.75, 3.05) is 14.7 Å². The van der Waals surface area contributed by atoms with Crippen molar-refractivity contribution in [2.24, 2.45) is 0 Å². The molecule has 4 nitrogen and oxygen atoms in total. The van der Waals surface area contributed by atoms with Crippen molar-refractivity contribution in [1.82, 2.24) is 4.57 Å². The number of hydrogen-bond acceptors (Lipinski definition) is 3. The van der Waals surface area contributed by atoms with Crippen LogP contribution in [0.4, 0.5) is 51.2 Å². The molecule has 5 aliphatic rings. The van der Waals surface area contributed by atoms with Gasteiger partial charge in [-0.05, 0) is 248 Å². The molecule has 129 heavy (non-hydrogen) atoms. The molecular formula is C125H86N4. The molecule has 26 rings (SSSR count). The van der Waals surface area contributed by atoms with Crippen LogP contribution in [0.2, 0.25) is 0 Å². The van der Waals surface area contributed by atoms with Crippen molar-refractivity contribution in [3.8, 4) is 94.7 Å². The summed E-state index contributed by atoms with van der Waals surface area (Å²) >= 11 is 0. The van der Waals surface area contributed by atoms with Gasteiger partial charge in [0, 0.05) is 55.9 Å². The van der Waals surface area contributed by atoms with Crippen molar-refractivity contribution < 1.29 is 0 Å². The SMILES string of the molecule is CC1(C)c2ccccc2-c2ccc(N(c3ccc(-c4ccccc4)cc3)c3ccc(-c4cccc5c4-c4ccccc4C54c5ccccc5N(c5ccccc5)c5ccccc54)cc3)cc21.c1ccc(-c2ccc(N(c3ccc(-c4ccc5c(c4)-c4ccccc4C54c5ccccc5-n5c6ccccc6c6cccc4c65)cc3)c3ccccc3-c3ccccc3)cc2)cc1. The molecule has 0 saturated carbocycles. The molecule has 1 atom stereocenters. The van der Waals surface area contributed by atoms with E-state index < -0.39 is 10.8 Å². The molecule has 21 aromatic rings. The maximum Gasteiger partial charge on any atom is 0.0754 e. The maximum absolute atomic E-state index is 2.51. The lowest BCUT2D eigenvalue weighted by atomic mass is 9.64. The Bertz CT molecular complexity index is 7940. The zero-order valence-electron chi connectivity index (χ0n) is 71.5. The lowest BCUT2D eigenvalue weighted by molar-refractivity contribution is 0.660. The van der Waals surface area contributed by atoms with Crippen LogP contribution in [0.5, 0.6) is 0 Å². The molecule has 2 aliphatic heterocycles. The van der Waals surface area contributed by atoms with E-state index in [0.29, 0.717) is 0 Å². The quantitative estimate of drug-likeness (QED) is 0.121. The molecule has 1 unspecified atom stereocenters. The predicted molar refractivity (Wildman–Crippen MR) is 538 cm³/mol. The van der Waals surface area contributed by atoms with Crippen LogP contribution in [0, 0.1) is 0 Å². The monoisotopic (exact) mass is 1640 g/mol. The second kappa shape index (κ2) is 29.9. The Morgan fingerprint density at radius 1 is 0.202 bits per heavy atom. The number of benzene rings is 20. The van der Waals surface area contributed by atoms with Crippen LogP contribution in [0.3, 0.4) is 0 Å². The van der Waals surface area contributed by atoms with E-state index in [4.69, 9.17) is 0 Å². The average Bonchev–Trinajstić information content (AvgIpc) is 1.51. The van der Waals surface area contributed by atoms with E-state index in [2.05, 4.69) is 518 Å². The van der Waals surface area contributed by atoms with Crippen LogP contribution < -0.4 is 14.7 Å². The van der Waals surface area contributed by atoms with Crippen LogP contribution in [-0.4, -0.2) is 4.57 Å². The summed E-state index contributed by atoms with van der Waals surface area (Å²) in [6.07, 6.45) is 0. The Balaban J connectivity index is 0.000000140. The Morgan fingerprint density at radius 2 is 0.574 bits per heavy atom.